The Labute approximate surface area is 109 Å². The first-order chi connectivity index (χ1) is 7.58. The molecule has 0 aromatic heterocycles. The lowest BCUT2D eigenvalue weighted by Crippen LogP contribution is -2.39. The molecule has 0 bridgehead atoms. The van der Waals surface area contributed by atoms with Crippen LogP contribution in [-0.2, 0) is 4.79 Å². The van der Waals surface area contributed by atoms with Gasteiger partial charge in [0.15, 0.2) is 0 Å². The molecule has 4 heteroatoms. The van der Waals surface area contributed by atoms with E-state index < -0.39 is 0 Å². The molecule has 0 amide bonds. The molecule has 0 spiro atoms. The Morgan fingerprint density at radius 2 is 2.25 bits per heavy atom. The molecule has 16 heavy (non-hydrogen) atoms. The molecular weight excluding hydrogens is 289 g/mol. The van der Waals surface area contributed by atoms with Crippen LogP contribution in [0.1, 0.15) is 13.3 Å². The lowest BCUT2D eigenvalue weighted by molar-refractivity contribution is -0.122. The van der Waals surface area contributed by atoms with Gasteiger partial charge in [-0.05, 0) is 34.1 Å². The van der Waals surface area contributed by atoms with Gasteiger partial charge in [0.1, 0.15) is 5.78 Å². The van der Waals surface area contributed by atoms with Crippen molar-refractivity contribution in [2.75, 3.05) is 18.0 Å². The molecule has 0 saturated carbocycles. The van der Waals surface area contributed by atoms with Gasteiger partial charge in [-0.2, -0.15) is 0 Å². The minimum Gasteiger partial charge on any atom is -0.370 e. The van der Waals surface area contributed by atoms with E-state index in [1.165, 1.54) is 0 Å². The fourth-order valence-corrected chi connectivity index (χ4v) is 2.35. The summed E-state index contributed by atoms with van der Waals surface area (Å²) in [6.45, 7) is 3.56. The Morgan fingerprint density at radius 3 is 2.88 bits per heavy atom. The highest BCUT2D eigenvalue weighted by atomic mass is 79.9. The van der Waals surface area contributed by atoms with Crippen LogP contribution in [0, 0.1) is 5.92 Å². The first kappa shape index (κ1) is 11.9. The lowest BCUT2D eigenvalue weighted by atomic mass is 9.98. The van der Waals surface area contributed by atoms with Crippen molar-refractivity contribution in [1.29, 1.82) is 0 Å². The normalized spacial score (nSPS) is 21.3. The van der Waals surface area contributed by atoms with Gasteiger partial charge in [-0.25, -0.2) is 0 Å². The molecule has 1 fully saturated rings. The fraction of sp³-hybridized carbons (Fsp3) is 0.417. The van der Waals surface area contributed by atoms with Gasteiger partial charge in [0.2, 0.25) is 0 Å². The maximum Gasteiger partial charge on any atom is 0.139 e. The minimum atomic E-state index is 0.121. The number of hydrogen-bond acceptors (Lipinski definition) is 2. The van der Waals surface area contributed by atoms with Crippen LogP contribution in [0.2, 0.25) is 5.02 Å². The van der Waals surface area contributed by atoms with Gasteiger partial charge in [-0.1, -0.05) is 18.5 Å². The van der Waals surface area contributed by atoms with Crippen molar-refractivity contribution in [3.63, 3.8) is 0 Å². The fourth-order valence-electron chi connectivity index (χ4n) is 1.93. The molecule has 1 aliphatic heterocycles. The molecule has 1 aromatic rings. The molecule has 86 valence electrons. The Morgan fingerprint density at radius 1 is 1.50 bits per heavy atom. The zero-order valence-electron chi connectivity index (χ0n) is 9.04. The second-order valence-corrected chi connectivity index (χ2v) is 5.42. The number of halogens is 2. The van der Waals surface area contributed by atoms with E-state index in [0.29, 0.717) is 17.2 Å². The van der Waals surface area contributed by atoms with Crippen LogP contribution in [0.3, 0.4) is 0 Å². The van der Waals surface area contributed by atoms with Gasteiger partial charge < -0.3 is 4.90 Å². The number of anilines is 1. The summed E-state index contributed by atoms with van der Waals surface area (Å²) < 4.78 is 0.902. The molecule has 0 radical (unpaired) electrons. The van der Waals surface area contributed by atoms with Crippen LogP contribution in [0.15, 0.2) is 22.7 Å². The number of carbonyl (C=O) groups excluding carboxylic acids is 1. The Balaban J connectivity index is 2.18. The predicted octanol–water partition coefficient (Wildman–Crippen LogP) is 3.52. The van der Waals surface area contributed by atoms with Crippen LogP contribution >= 0.6 is 27.5 Å². The van der Waals surface area contributed by atoms with Gasteiger partial charge in [-0.15, -0.1) is 0 Å². The number of carbonyl (C=O) groups is 1. The van der Waals surface area contributed by atoms with Gasteiger partial charge in [0.05, 0.1) is 5.02 Å². The van der Waals surface area contributed by atoms with Crippen molar-refractivity contribution >= 4 is 39.0 Å². The third-order valence-corrected chi connectivity index (χ3v) is 4.17. The van der Waals surface area contributed by atoms with Gasteiger partial charge in [-0.3, -0.25) is 4.79 Å². The SMILES string of the molecule is CC1CN(c2ccc(Br)c(Cl)c2)CCC1=O. The third-order valence-electron chi connectivity index (χ3n) is 2.94. The molecule has 1 aromatic carbocycles. The van der Waals surface area contributed by atoms with Gasteiger partial charge >= 0.3 is 0 Å². The molecule has 1 unspecified atom stereocenters. The van der Waals surface area contributed by atoms with Crippen molar-refractivity contribution in [1.82, 2.24) is 0 Å². The van der Waals surface area contributed by atoms with E-state index in [1.54, 1.807) is 0 Å². The molecule has 1 aliphatic rings. The maximum absolute atomic E-state index is 11.4. The van der Waals surface area contributed by atoms with E-state index in [-0.39, 0.29) is 5.92 Å². The van der Waals surface area contributed by atoms with Crippen molar-refractivity contribution in [3.05, 3.63) is 27.7 Å². The summed E-state index contributed by atoms with van der Waals surface area (Å²) in [5.41, 5.74) is 1.09. The molecule has 1 saturated heterocycles. The average molecular weight is 303 g/mol. The number of piperidine rings is 1. The predicted molar refractivity (Wildman–Crippen MR) is 70.2 cm³/mol. The molecule has 1 atom stereocenters. The van der Waals surface area contributed by atoms with E-state index in [0.717, 1.165) is 23.2 Å². The number of benzene rings is 1. The summed E-state index contributed by atoms with van der Waals surface area (Å²) in [5.74, 6) is 0.482. The summed E-state index contributed by atoms with van der Waals surface area (Å²) in [6.07, 6.45) is 0.634. The van der Waals surface area contributed by atoms with Crippen molar-refractivity contribution in [2.24, 2.45) is 5.92 Å². The van der Waals surface area contributed by atoms with Crippen LogP contribution in [-0.4, -0.2) is 18.9 Å². The van der Waals surface area contributed by atoms with Crippen molar-refractivity contribution in [3.8, 4) is 0 Å². The first-order valence-electron chi connectivity index (χ1n) is 5.30. The Kier molecular flexibility index (Phi) is 3.55. The lowest BCUT2D eigenvalue weighted by Gasteiger charge is -2.32. The largest absolute Gasteiger partial charge is 0.370 e. The van der Waals surface area contributed by atoms with Crippen LogP contribution in [0.25, 0.3) is 0 Å². The van der Waals surface area contributed by atoms with E-state index in [4.69, 9.17) is 11.6 Å². The van der Waals surface area contributed by atoms with Crippen LogP contribution in [0.5, 0.6) is 0 Å². The van der Waals surface area contributed by atoms with E-state index in [2.05, 4.69) is 20.8 Å². The number of ketones is 1. The Bertz CT molecular complexity index is 421. The van der Waals surface area contributed by atoms with E-state index >= 15 is 0 Å². The average Bonchev–Trinajstić information content (AvgIpc) is 2.26. The molecule has 2 rings (SSSR count). The number of nitrogens with zero attached hydrogens (tertiary/aromatic N) is 1. The quantitative estimate of drug-likeness (QED) is 0.791. The van der Waals surface area contributed by atoms with Gasteiger partial charge in [0.25, 0.3) is 0 Å². The zero-order valence-corrected chi connectivity index (χ0v) is 11.4. The van der Waals surface area contributed by atoms with Crippen LogP contribution < -0.4 is 4.90 Å². The minimum absolute atomic E-state index is 0.121. The topological polar surface area (TPSA) is 20.3 Å². The second-order valence-electron chi connectivity index (χ2n) is 4.16. The number of Topliss-reactive ketones (excluding diaryl/α,β-unsaturated/α-hetero) is 1. The highest BCUT2D eigenvalue weighted by Gasteiger charge is 2.23. The first-order valence-corrected chi connectivity index (χ1v) is 6.47. The van der Waals surface area contributed by atoms with Gasteiger partial charge in [0, 0.05) is 35.6 Å². The van der Waals surface area contributed by atoms with E-state index in [1.807, 2.05) is 25.1 Å². The van der Waals surface area contributed by atoms with Crippen molar-refractivity contribution < 1.29 is 4.79 Å². The molecule has 1 heterocycles. The summed E-state index contributed by atoms with van der Waals surface area (Å²) in [6, 6.07) is 5.91. The summed E-state index contributed by atoms with van der Waals surface area (Å²) in [5, 5.41) is 0.710. The molecule has 0 N–H and O–H groups in total. The summed E-state index contributed by atoms with van der Waals surface area (Å²) in [7, 11) is 0. The second kappa shape index (κ2) is 4.76. The Hall–Kier alpha value is -0.540. The molecule has 0 aliphatic carbocycles. The molecular formula is C12H13BrClNO. The summed E-state index contributed by atoms with van der Waals surface area (Å²) >= 11 is 9.43. The standard InChI is InChI=1S/C12H13BrClNO/c1-8-7-15(5-4-12(8)16)9-2-3-10(13)11(14)6-9/h2-3,6,8H,4-5,7H2,1H3. The smallest absolute Gasteiger partial charge is 0.139 e. The van der Waals surface area contributed by atoms with Crippen molar-refractivity contribution in [2.45, 2.75) is 13.3 Å². The third kappa shape index (κ3) is 2.41. The monoisotopic (exact) mass is 301 g/mol. The van der Waals surface area contributed by atoms with Crippen LogP contribution in [0.4, 0.5) is 5.69 Å². The summed E-state index contributed by atoms with van der Waals surface area (Å²) in [4.78, 5) is 13.6. The highest BCUT2D eigenvalue weighted by Crippen LogP contribution is 2.29. The molecule has 2 nitrogen and oxygen atoms in total. The zero-order chi connectivity index (χ0) is 11.7. The number of hydrogen-bond donors (Lipinski definition) is 0. The number of rotatable bonds is 1. The highest BCUT2D eigenvalue weighted by molar-refractivity contribution is 9.10. The maximum atomic E-state index is 11.4. The van der Waals surface area contributed by atoms with E-state index in [9.17, 15) is 4.79 Å².